The molecule has 0 bridgehead atoms. The summed E-state index contributed by atoms with van der Waals surface area (Å²) in [6.45, 7) is 10.4. The number of allylic oxidation sites excluding steroid dienone is 2. The first kappa shape index (κ1) is 19.3. The fourth-order valence-corrected chi connectivity index (χ4v) is 8.81. The summed E-state index contributed by atoms with van der Waals surface area (Å²) >= 11 is 0. The number of hydrogen-bond acceptors (Lipinski definition) is 4. The van der Waals surface area contributed by atoms with Crippen LogP contribution in [0.2, 0.25) is 0 Å². The van der Waals surface area contributed by atoms with E-state index in [0.29, 0.717) is 28.6 Å². The van der Waals surface area contributed by atoms with Gasteiger partial charge in [0.2, 0.25) is 0 Å². The molecule has 1 spiro atoms. The first-order chi connectivity index (χ1) is 13.9. The second-order valence-electron chi connectivity index (χ2n) is 11.4. The number of fused-ring (bicyclic) bond motifs is 5. The van der Waals surface area contributed by atoms with Gasteiger partial charge >= 0.3 is 0 Å². The maximum Gasteiger partial charge on any atom is 0.169 e. The third-order valence-corrected chi connectivity index (χ3v) is 10.4. The van der Waals surface area contributed by atoms with Crippen LogP contribution in [0, 0.1) is 34.5 Å². The summed E-state index contributed by atoms with van der Waals surface area (Å²) in [7, 11) is 0. The Morgan fingerprint density at radius 2 is 1.45 bits per heavy atom. The highest BCUT2D eigenvalue weighted by Crippen LogP contribution is 2.68. The van der Waals surface area contributed by atoms with Crippen LogP contribution in [0.4, 0.5) is 0 Å². The van der Waals surface area contributed by atoms with Gasteiger partial charge in [-0.2, -0.15) is 0 Å². The molecule has 2 aliphatic heterocycles. The fraction of sp³-hybridized carbons (Fsp3) is 0.920. The molecule has 0 aromatic heterocycles. The monoisotopic (exact) mass is 402 g/mol. The first-order valence-corrected chi connectivity index (χ1v) is 12.1. The van der Waals surface area contributed by atoms with Gasteiger partial charge in [0.25, 0.3) is 0 Å². The second kappa shape index (κ2) is 6.31. The molecule has 4 nitrogen and oxygen atoms in total. The Balaban J connectivity index is 1.29. The van der Waals surface area contributed by atoms with Gasteiger partial charge in [0.1, 0.15) is 0 Å². The lowest BCUT2D eigenvalue weighted by Gasteiger charge is -2.59. The zero-order chi connectivity index (χ0) is 19.9. The maximum atomic E-state index is 6.16. The number of hydrogen-bond donors (Lipinski definition) is 0. The fourth-order valence-electron chi connectivity index (χ4n) is 8.81. The van der Waals surface area contributed by atoms with E-state index in [2.05, 4.69) is 26.8 Å². The third kappa shape index (κ3) is 2.58. The van der Waals surface area contributed by atoms with E-state index in [4.69, 9.17) is 18.9 Å². The van der Waals surface area contributed by atoms with E-state index in [-0.39, 0.29) is 11.6 Å². The molecule has 3 saturated carbocycles. The van der Waals surface area contributed by atoms with Gasteiger partial charge in [-0.15, -0.1) is 0 Å². The van der Waals surface area contributed by atoms with Gasteiger partial charge in [-0.05, 0) is 74.0 Å². The van der Waals surface area contributed by atoms with Crippen molar-refractivity contribution in [2.24, 2.45) is 34.5 Å². The molecule has 4 heteroatoms. The van der Waals surface area contributed by atoms with Gasteiger partial charge in [0.15, 0.2) is 11.6 Å². The average molecular weight is 403 g/mol. The van der Waals surface area contributed by atoms with Crippen molar-refractivity contribution in [1.29, 1.82) is 0 Å². The van der Waals surface area contributed by atoms with Gasteiger partial charge in [-0.3, -0.25) is 0 Å². The molecule has 4 aliphatic carbocycles. The zero-order valence-electron chi connectivity index (χ0n) is 18.5. The molecule has 0 N–H and O–H groups in total. The van der Waals surface area contributed by atoms with Gasteiger partial charge in [0.05, 0.1) is 26.4 Å². The minimum Gasteiger partial charge on any atom is -0.348 e. The van der Waals surface area contributed by atoms with Crippen LogP contribution in [0.3, 0.4) is 0 Å². The molecule has 6 aliphatic rings. The third-order valence-electron chi connectivity index (χ3n) is 10.4. The molecule has 2 saturated heterocycles. The molecule has 6 atom stereocenters. The molecule has 2 heterocycles. The molecule has 29 heavy (non-hydrogen) atoms. The van der Waals surface area contributed by atoms with Gasteiger partial charge in [-0.25, -0.2) is 0 Å². The molecular formula is C25H38O4. The van der Waals surface area contributed by atoms with E-state index in [9.17, 15) is 0 Å². The summed E-state index contributed by atoms with van der Waals surface area (Å²) < 4.78 is 24.5. The van der Waals surface area contributed by atoms with Crippen molar-refractivity contribution >= 4 is 0 Å². The molecule has 162 valence electrons. The lowest BCUT2D eigenvalue weighted by Crippen LogP contribution is -2.54. The molecule has 0 radical (unpaired) electrons. The SMILES string of the molecule is CC1(C2CCC3C4=CCC5CC6(CCC5(C)C4CCC32C)OCCO6)OCCO1. The Bertz CT molecular complexity index is 704. The van der Waals surface area contributed by atoms with E-state index in [1.54, 1.807) is 5.57 Å². The van der Waals surface area contributed by atoms with Crippen LogP contribution < -0.4 is 0 Å². The molecule has 6 rings (SSSR count). The Morgan fingerprint density at radius 3 is 2.21 bits per heavy atom. The quantitative estimate of drug-likeness (QED) is 0.574. The van der Waals surface area contributed by atoms with Crippen molar-refractivity contribution in [3.63, 3.8) is 0 Å². The standard InChI is InChI=1S/C25H38O4/c1-22-10-11-25(28-14-15-29-25)16-17(22)4-5-18-19-6-7-21(24(3)26-12-13-27-24)23(19,2)9-8-20(18)22/h5,17,19-21H,4,6-16H2,1-3H3. The maximum absolute atomic E-state index is 6.16. The van der Waals surface area contributed by atoms with E-state index >= 15 is 0 Å². The Hall–Kier alpha value is -0.420. The summed E-state index contributed by atoms with van der Waals surface area (Å²) in [5.41, 5.74) is 2.53. The number of rotatable bonds is 1. The second-order valence-corrected chi connectivity index (χ2v) is 11.4. The lowest BCUT2D eigenvalue weighted by molar-refractivity contribution is -0.219. The zero-order valence-corrected chi connectivity index (χ0v) is 18.5. The van der Waals surface area contributed by atoms with E-state index < -0.39 is 0 Å². The minimum atomic E-state index is -0.369. The highest BCUT2D eigenvalue weighted by molar-refractivity contribution is 5.28. The summed E-state index contributed by atoms with van der Waals surface area (Å²) in [6, 6.07) is 0. The van der Waals surface area contributed by atoms with Crippen LogP contribution in [-0.2, 0) is 18.9 Å². The highest BCUT2D eigenvalue weighted by Gasteiger charge is 2.63. The molecular weight excluding hydrogens is 364 g/mol. The van der Waals surface area contributed by atoms with Crippen LogP contribution in [0.1, 0.15) is 72.1 Å². The summed E-state index contributed by atoms with van der Waals surface area (Å²) in [5, 5.41) is 0. The molecule has 0 aromatic carbocycles. The summed E-state index contributed by atoms with van der Waals surface area (Å²) in [5.74, 6) is 2.04. The van der Waals surface area contributed by atoms with Crippen LogP contribution in [0.25, 0.3) is 0 Å². The summed E-state index contributed by atoms with van der Waals surface area (Å²) in [6.07, 6.45) is 12.5. The van der Waals surface area contributed by atoms with Crippen molar-refractivity contribution in [2.45, 2.75) is 83.7 Å². The average Bonchev–Trinajstić information content (AvgIpc) is 3.42. The molecule has 5 fully saturated rings. The van der Waals surface area contributed by atoms with Crippen molar-refractivity contribution < 1.29 is 18.9 Å². The van der Waals surface area contributed by atoms with E-state index in [0.717, 1.165) is 45.2 Å². The van der Waals surface area contributed by atoms with Gasteiger partial charge in [0, 0.05) is 18.8 Å². The van der Waals surface area contributed by atoms with Crippen molar-refractivity contribution in [1.82, 2.24) is 0 Å². The predicted molar refractivity (Wildman–Crippen MR) is 110 cm³/mol. The normalized spacial score (nSPS) is 50.1. The Morgan fingerprint density at radius 1 is 0.759 bits per heavy atom. The summed E-state index contributed by atoms with van der Waals surface area (Å²) in [4.78, 5) is 0. The topological polar surface area (TPSA) is 36.9 Å². The minimum absolute atomic E-state index is 0.261. The van der Waals surface area contributed by atoms with Gasteiger partial charge < -0.3 is 18.9 Å². The molecule has 6 unspecified atom stereocenters. The first-order valence-electron chi connectivity index (χ1n) is 12.1. The lowest BCUT2D eigenvalue weighted by atomic mass is 9.47. The van der Waals surface area contributed by atoms with E-state index in [1.807, 2.05) is 0 Å². The smallest absolute Gasteiger partial charge is 0.169 e. The number of ether oxygens (including phenoxy) is 4. The Labute approximate surface area is 175 Å². The van der Waals surface area contributed by atoms with Crippen LogP contribution in [0.15, 0.2) is 11.6 Å². The highest BCUT2D eigenvalue weighted by atomic mass is 16.7. The van der Waals surface area contributed by atoms with Crippen molar-refractivity contribution in [2.75, 3.05) is 26.4 Å². The molecule has 0 amide bonds. The predicted octanol–water partition coefficient (Wildman–Crippen LogP) is 5.07. The largest absolute Gasteiger partial charge is 0.348 e. The van der Waals surface area contributed by atoms with Crippen molar-refractivity contribution in [3.8, 4) is 0 Å². The van der Waals surface area contributed by atoms with E-state index in [1.165, 1.54) is 38.5 Å². The molecule has 0 aromatic rings. The van der Waals surface area contributed by atoms with Crippen LogP contribution in [0.5, 0.6) is 0 Å². The Kier molecular flexibility index (Phi) is 4.19. The van der Waals surface area contributed by atoms with Gasteiger partial charge in [-0.1, -0.05) is 25.5 Å². The van der Waals surface area contributed by atoms with Crippen molar-refractivity contribution in [3.05, 3.63) is 11.6 Å². The van der Waals surface area contributed by atoms with Crippen LogP contribution in [-0.4, -0.2) is 38.0 Å². The van der Waals surface area contributed by atoms with Crippen LogP contribution >= 0.6 is 0 Å².